The smallest absolute Gasteiger partial charge is 0.348 e. The van der Waals surface area contributed by atoms with Gasteiger partial charge in [-0.15, -0.1) is 11.3 Å². The third-order valence-electron chi connectivity index (χ3n) is 2.67. The summed E-state index contributed by atoms with van der Waals surface area (Å²) in [5.41, 5.74) is 0.808. The average molecular weight is 330 g/mol. The molecule has 0 unspecified atom stereocenters. The van der Waals surface area contributed by atoms with Gasteiger partial charge >= 0.3 is 11.9 Å². The Balaban J connectivity index is 3.14. The molecule has 0 aromatic carbocycles. The number of thiophene rings is 1. The van der Waals surface area contributed by atoms with Crippen LogP contribution in [0.3, 0.4) is 0 Å². The average Bonchev–Trinajstić information content (AvgIpc) is 2.80. The molecule has 0 bridgehead atoms. The predicted octanol–water partition coefficient (Wildman–Crippen LogP) is 2.33. The molecule has 0 aliphatic heterocycles. The highest BCUT2D eigenvalue weighted by atomic mass is 32.1. The minimum absolute atomic E-state index is 0.295. The third-order valence-corrected chi connectivity index (χ3v) is 4.10. The van der Waals surface area contributed by atoms with E-state index in [9.17, 15) is 9.59 Å². The Labute approximate surface area is 132 Å². The van der Waals surface area contributed by atoms with Crippen LogP contribution in [0, 0.1) is 6.92 Å². The van der Waals surface area contributed by atoms with Gasteiger partial charge in [-0.25, -0.2) is 9.59 Å². The molecule has 0 spiro atoms. The largest absolute Gasteiger partial charge is 0.465 e. The van der Waals surface area contributed by atoms with Crippen LogP contribution in [0.25, 0.3) is 0 Å². The van der Waals surface area contributed by atoms with Crippen LogP contribution in [-0.4, -0.2) is 37.8 Å². The van der Waals surface area contributed by atoms with Gasteiger partial charge < -0.3 is 20.1 Å². The van der Waals surface area contributed by atoms with E-state index in [-0.39, 0.29) is 0 Å². The number of carbonyl (C=O) groups is 2. The number of ether oxygens (including phenoxy) is 2. The molecule has 21 heavy (non-hydrogen) atoms. The number of anilines is 1. The van der Waals surface area contributed by atoms with Crippen molar-refractivity contribution in [3.05, 3.63) is 16.0 Å². The molecule has 116 valence electrons. The highest BCUT2D eigenvalue weighted by molar-refractivity contribution is 7.80. The second-order valence-corrected chi connectivity index (χ2v) is 5.55. The Morgan fingerprint density at radius 1 is 1.24 bits per heavy atom. The summed E-state index contributed by atoms with van der Waals surface area (Å²) in [5, 5.41) is 6.78. The molecule has 1 aromatic heterocycles. The molecule has 6 nitrogen and oxygen atoms in total. The quantitative estimate of drug-likeness (QED) is 0.634. The number of esters is 2. The van der Waals surface area contributed by atoms with E-state index in [4.69, 9.17) is 21.7 Å². The molecule has 0 saturated carbocycles. The molecule has 1 rings (SSSR count). The molecular formula is C13H18N2O4S2. The Morgan fingerprint density at radius 2 is 1.86 bits per heavy atom. The molecule has 0 amide bonds. The number of hydrogen-bond acceptors (Lipinski definition) is 6. The molecule has 0 radical (unpaired) electrons. The predicted molar refractivity (Wildman–Crippen MR) is 86.2 cm³/mol. The van der Waals surface area contributed by atoms with Crippen molar-refractivity contribution < 1.29 is 19.1 Å². The van der Waals surface area contributed by atoms with Gasteiger partial charge in [-0.05, 0) is 31.1 Å². The van der Waals surface area contributed by atoms with Crippen LogP contribution in [0.15, 0.2) is 0 Å². The fourth-order valence-electron chi connectivity index (χ4n) is 1.62. The monoisotopic (exact) mass is 330 g/mol. The SMILES string of the molecule is CCCNC(=S)Nc1sc(C(=O)OC)c(C)c1C(=O)OC. The van der Waals surface area contributed by atoms with Crippen molar-refractivity contribution in [2.24, 2.45) is 0 Å². The minimum atomic E-state index is -0.528. The lowest BCUT2D eigenvalue weighted by atomic mass is 10.1. The number of carbonyl (C=O) groups excluding carboxylic acids is 2. The minimum Gasteiger partial charge on any atom is -0.465 e. The van der Waals surface area contributed by atoms with E-state index in [1.807, 2.05) is 6.92 Å². The summed E-state index contributed by atoms with van der Waals surface area (Å²) in [5.74, 6) is -1.03. The lowest BCUT2D eigenvalue weighted by Gasteiger charge is -2.09. The number of hydrogen-bond donors (Lipinski definition) is 2. The molecular weight excluding hydrogens is 312 g/mol. The van der Waals surface area contributed by atoms with Crippen LogP contribution >= 0.6 is 23.6 Å². The van der Waals surface area contributed by atoms with E-state index < -0.39 is 11.9 Å². The van der Waals surface area contributed by atoms with E-state index in [1.165, 1.54) is 14.2 Å². The summed E-state index contributed by atoms with van der Waals surface area (Å²) in [4.78, 5) is 24.0. The first kappa shape index (κ1) is 17.4. The second kappa shape index (κ2) is 7.94. The van der Waals surface area contributed by atoms with Gasteiger partial charge in [-0.2, -0.15) is 0 Å². The zero-order valence-corrected chi connectivity index (χ0v) is 14.0. The van der Waals surface area contributed by atoms with Crippen molar-refractivity contribution in [1.29, 1.82) is 0 Å². The first-order valence-corrected chi connectivity index (χ1v) is 7.53. The maximum atomic E-state index is 11.9. The Kier molecular flexibility index (Phi) is 6.57. The second-order valence-electron chi connectivity index (χ2n) is 4.12. The Hall–Kier alpha value is -1.67. The normalized spacial score (nSPS) is 9.90. The van der Waals surface area contributed by atoms with Gasteiger partial charge in [0.25, 0.3) is 0 Å². The summed E-state index contributed by atoms with van der Waals surface area (Å²) < 4.78 is 9.47. The van der Waals surface area contributed by atoms with Gasteiger partial charge in [0.15, 0.2) is 5.11 Å². The zero-order valence-electron chi connectivity index (χ0n) is 12.4. The van der Waals surface area contributed by atoms with Crippen LogP contribution in [0.4, 0.5) is 5.00 Å². The van der Waals surface area contributed by atoms with Crippen molar-refractivity contribution in [3.63, 3.8) is 0 Å². The molecule has 0 aliphatic carbocycles. The van der Waals surface area contributed by atoms with E-state index in [2.05, 4.69) is 10.6 Å². The third kappa shape index (κ3) is 4.15. The molecule has 1 heterocycles. The maximum absolute atomic E-state index is 11.9. The van der Waals surface area contributed by atoms with Gasteiger partial charge in [-0.1, -0.05) is 6.92 Å². The lowest BCUT2D eigenvalue weighted by Crippen LogP contribution is -2.29. The maximum Gasteiger partial charge on any atom is 0.348 e. The highest BCUT2D eigenvalue weighted by Gasteiger charge is 2.26. The Morgan fingerprint density at radius 3 is 2.38 bits per heavy atom. The van der Waals surface area contributed by atoms with Gasteiger partial charge in [0.2, 0.25) is 0 Å². The topological polar surface area (TPSA) is 76.7 Å². The van der Waals surface area contributed by atoms with Crippen LogP contribution in [0.5, 0.6) is 0 Å². The van der Waals surface area contributed by atoms with Crippen molar-refractivity contribution >= 4 is 45.6 Å². The first-order valence-electron chi connectivity index (χ1n) is 6.31. The van der Waals surface area contributed by atoms with Crippen molar-refractivity contribution in [3.8, 4) is 0 Å². The highest BCUT2D eigenvalue weighted by Crippen LogP contribution is 2.34. The van der Waals surface area contributed by atoms with Gasteiger partial charge in [0.05, 0.1) is 19.8 Å². The fourth-order valence-corrected chi connectivity index (χ4v) is 3.01. The van der Waals surface area contributed by atoms with Crippen LogP contribution < -0.4 is 10.6 Å². The molecule has 1 aromatic rings. The van der Waals surface area contributed by atoms with Gasteiger partial charge in [0.1, 0.15) is 9.88 Å². The van der Waals surface area contributed by atoms with Gasteiger partial charge in [0, 0.05) is 6.54 Å². The molecule has 8 heteroatoms. The van der Waals surface area contributed by atoms with Crippen molar-refractivity contribution in [1.82, 2.24) is 5.32 Å². The van der Waals surface area contributed by atoms with E-state index >= 15 is 0 Å². The Bertz CT molecular complexity index is 555. The standard InChI is InChI=1S/C13H18N2O4S2/c1-5-6-14-13(20)15-10-8(11(16)18-3)7(2)9(21-10)12(17)19-4/h5-6H2,1-4H3,(H2,14,15,20). The zero-order chi connectivity index (χ0) is 16.0. The van der Waals surface area contributed by atoms with Crippen molar-refractivity contribution in [2.45, 2.75) is 20.3 Å². The molecule has 2 N–H and O–H groups in total. The summed E-state index contributed by atoms with van der Waals surface area (Å²) in [6, 6.07) is 0. The first-order chi connectivity index (χ1) is 9.96. The number of methoxy groups -OCH3 is 2. The fraction of sp³-hybridized carbons (Fsp3) is 0.462. The summed E-state index contributed by atoms with van der Waals surface area (Å²) in [7, 11) is 2.58. The number of rotatable bonds is 5. The van der Waals surface area contributed by atoms with Crippen LogP contribution in [0.2, 0.25) is 0 Å². The molecule has 0 saturated heterocycles. The van der Waals surface area contributed by atoms with Crippen LogP contribution in [0.1, 0.15) is 38.9 Å². The molecule has 0 fully saturated rings. The van der Waals surface area contributed by atoms with Gasteiger partial charge in [-0.3, -0.25) is 0 Å². The van der Waals surface area contributed by atoms with Crippen LogP contribution in [-0.2, 0) is 9.47 Å². The summed E-state index contributed by atoms with van der Waals surface area (Å²) in [6.07, 6.45) is 0.919. The van der Waals surface area contributed by atoms with E-state index in [0.29, 0.717) is 32.7 Å². The molecule has 0 aliphatic rings. The van der Waals surface area contributed by atoms with E-state index in [1.54, 1.807) is 6.92 Å². The number of nitrogens with one attached hydrogen (secondary N) is 2. The van der Waals surface area contributed by atoms with Crippen molar-refractivity contribution in [2.75, 3.05) is 26.1 Å². The summed E-state index contributed by atoms with van der Waals surface area (Å²) >= 11 is 6.26. The van der Waals surface area contributed by atoms with E-state index in [0.717, 1.165) is 17.8 Å². The molecule has 0 atom stereocenters. The lowest BCUT2D eigenvalue weighted by molar-refractivity contribution is 0.0601. The summed E-state index contributed by atoms with van der Waals surface area (Å²) in [6.45, 7) is 4.40. The number of thiocarbonyl (C=S) groups is 1.